The Labute approximate surface area is 171 Å². The average Bonchev–Trinajstić information content (AvgIpc) is 2.65. The van der Waals surface area contributed by atoms with Gasteiger partial charge in [0.05, 0.1) is 16.6 Å². The lowest BCUT2D eigenvalue weighted by Crippen LogP contribution is -2.47. The van der Waals surface area contributed by atoms with Crippen LogP contribution in [0.2, 0.25) is 0 Å². The number of nitro benzene ring substituents is 1. The van der Waals surface area contributed by atoms with Crippen molar-refractivity contribution in [3.63, 3.8) is 0 Å². The Morgan fingerprint density at radius 3 is 2.41 bits per heavy atom. The normalized spacial score (nSPS) is 19.2. The van der Waals surface area contributed by atoms with Crippen molar-refractivity contribution in [3.05, 3.63) is 33.4 Å². The van der Waals surface area contributed by atoms with Crippen LogP contribution < -0.4 is 5.32 Å². The molecule has 0 radical (unpaired) electrons. The number of rotatable bonds is 4. The van der Waals surface area contributed by atoms with Crippen LogP contribution in [0.4, 0.5) is 5.69 Å². The Bertz CT molecular complexity index is 666. The lowest BCUT2D eigenvalue weighted by molar-refractivity contribution is -0.386. The van der Waals surface area contributed by atoms with Crippen molar-refractivity contribution in [3.8, 4) is 11.8 Å². The van der Waals surface area contributed by atoms with Gasteiger partial charge in [0.2, 0.25) is 0 Å². The van der Waals surface area contributed by atoms with E-state index in [0.29, 0.717) is 11.5 Å². The molecule has 9 heteroatoms. The molecule has 2 N–H and O–H groups in total. The minimum Gasteiger partial charge on any atom is -0.502 e. The topological polar surface area (TPSA) is 102 Å². The number of piperazine rings is 1. The van der Waals surface area contributed by atoms with Gasteiger partial charge in [0, 0.05) is 43.9 Å². The third kappa shape index (κ3) is 5.23. The average molecular weight is 417 g/mol. The van der Waals surface area contributed by atoms with Gasteiger partial charge < -0.3 is 10.4 Å². The standard InChI is InChI=1S/C18H24N4O3.2ClH/c19-12-13-10-15(18(23)16(11-13)22(24)25)17(14-4-2-1-3-5-14)21-8-6-20-7-9-21;;/h10-11,14,17,20,23H,1-9H2;2*1H/t17-;;/m0../s1. The van der Waals surface area contributed by atoms with E-state index < -0.39 is 4.92 Å². The summed E-state index contributed by atoms with van der Waals surface area (Å²) in [4.78, 5) is 13.0. The van der Waals surface area contributed by atoms with Gasteiger partial charge in [-0.1, -0.05) is 19.3 Å². The molecule has 2 fully saturated rings. The third-order valence-corrected chi connectivity index (χ3v) is 5.41. The summed E-state index contributed by atoms with van der Waals surface area (Å²) >= 11 is 0. The van der Waals surface area contributed by atoms with Crippen LogP contribution in [0.25, 0.3) is 0 Å². The first-order valence-electron chi connectivity index (χ1n) is 8.98. The first kappa shape index (κ1) is 23.4. The number of nitrogens with zero attached hydrogens (tertiary/aromatic N) is 3. The fourth-order valence-corrected chi connectivity index (χ4v) is 4.23. The number of aromatic hydroxyl groups is 1. The van der Waals surface area contributed by atoms with Crippen LogP contribution in [0.15, 0.2) is 12.1 Å². The summed E-state index contributed by atoms with van der Waals surface area (Å²) in [5.74, 6) is 0.0735. The predicted octanol–water partition coefficient (Wildman–Crippen LogP) is 3.54. The van der Waals surface area contributed by atoms with E-state index in [0.717, 1.165) is 57.9 Å². The highest BCUT2D eigenvalue weighted by molar-refractivity contribution is 5.85. The Hall–Kier alpha value is -1.59. The van der Waals surface area contributed by atoms with Crippen molar-refractivity contribution in [2.75, 3.05) is 26.2 Å². The zero-order valence-electron chi connectivity index (χ0n) is 15.1. The van der Waals surface area contributed by atoms with E-state index >= 15 is 0 Å². The van der Waals surface area contributed by atoms with Crippen LogP contribution in [-0.4, -0.2) is 41.1 Å². The lowest BCUT2D eigenvalue weighted by atomic mass is 9.79. The molecule has 1 aromatic rings. The zero-order chi connectivity index (χ0) is 17.8. The van der Waals surface area contributed by atoms with E-state index in [9.17, 15) is 20.5 Å². The molecule has 3 rings (SSSR count). The second-order valence-corrected chi connectivity index (χ2v) is 6.93. The monoisotopic (exact) mass is 416 g/mol. The van der Waals surface area contributed by atoms with Gasteiger partial charge >= 0.3 is 5.69 Å². The molecule has 1 saturated carbocycles. The molecule has 0 amide bonds. The maximum atomic E-state index is 11.3. The van der Waals surface area contributed by atoms with Crippen LogP contribution in [0.5, 0.6) is 5.75 Å². The minimum atomic E-state index is -0.602. The second kappa shape index (κ2) is 10.7. The number of benzene rings is 1. The van der Waals surface area contributed by atoms with Crippen molar-refractivity contribution in [2.45, 2.75) is 38.1 Å². The molecule has 1 heterocycles. The SMILES string of the molecule is Cl.Cl.N#Cc1cc([C@H](C2CCCCC2)N2CCNCC2)c(O)c([N+](=O)[O-])c1. The maximum absolute atomic E-state index is 11.3. The summed E-state index contributed by atoms with van der Waals surface area (Å²) < 4.78 is 0. The highest BCUT2D eigenvalue weighted by Crippen LogP contribution is 2.44. The van der Waals surface area contributed by atoms with Gasteiger partial charge in [-0.05, 0) is 24.8 Å². The van der Waals surface area contributed by atoms with Crippen LogP contribution in [-0.2, 0) is 0 Å². The summed E-state index contributed by atoms with van der Waals surface area (Å²) in [5.41, 5.74) is 0.403. The van der Waals surface area contributed by atoms with Gasteiger partial charge in [0.25, 0.3) is 0 Å². The number of nitriles is 1. The van der Waals surface area contributed by atoms with E-state index in [1.807, 2.05) is 6.07 Å². The lowest BCUT2D eigenvalue weighted by Gasteiger charge is -2.41. The highest BCUT2D eigenvalue weighted by Gasteiger charge is 2.35. The molecule has 1 aromatic carbocycles. The summed E-state index contributed by atoms with van der Waals surface area (Å²) in [6.07, 6.45) is 5.62. The van der Waals surface area contributed by atoms with Crippen LogP contribution in [0.1, 0.15) is 49.3 Å². The van der Waals surface area contributed by atoms with E-state index in [2.05, 4.69) is 10.2 Å². The molecule has 1 saturated heterocycles. The molecule has 0 unspecified atom stereocenters. The molecule has 2 aliphatic rings. The molecule has 1 atom stereocenters. The van der Waals surface area contributed by atoms with Crippen molar-refractivity contribution in [1.82, 2.24) is 10.2 Å². The van der Waals surface area contributed by atoms with Crippen molar-refractivity contribution in [2.24, 2.45) is 5.92 Å². The quantitative estimate of drug-likeness (QED) is 0.574. The second-order valence-electron chi connectivity index (χ2n) is 6.93. The number of hydrogen-bond acceptors (Lipinski definition) is 6. The largest absolute Gasteiger partial charge is 0.502 e. The molecular formula is C18H26Cl2N4O3. The van der Waals surface area contributed by atoms with Gasteiger partial charge in [-0.25, -0.2) is 0 Å². The van der Waals surface area contributed by atoms with Gasteiger partial charge in [0.15, 0.2) is 5.75 Å². The van der Waals surface area contributed by atoms with E-state index in [4.69, 9.17) is 0 Å². The summed E-state index contributed by atoms with van der Waals surface area (Å²) in [6, 6.07) is 4.73. The number of phenols is 1. The van der Waals surface area contributed by atoms with Crippen molar-refractivity contribution >= 4 is 30.5 Å². The number of hydrogen-bond donors (Lipinski definition) is 2. The predicted molar refractivity (Wildman–Crippen MR) is 108 cm³/mol. The van der Waals surface area contributed by atoms with Crippen LogP contribution >= 0.6 is 24.8 Å². The highest BCUT2D eigenvalue weighted by atomic mass is 35.5. The molecule has 150 valence electrons. The molecule has 1 aliphatic heterocycles. The summed E-state index contributed by atoms with van der Waals surface area (Å²) in [7, 11) is 0. The zero-order valence-corrected chi connectivity index (χ0v) is 16.7. The van der Waals surface area contributed by atoms with Crippen molar-refractivity contribution < 1.29 is 10.0 Å². The Balaban J connectivity index is 0.00000182. The summed E-state index contributed by atoms with van der Waals surface area (Å²) in [6.45, 7) is 3.41. The Kier molecular flexibility index (Phi) is 9.27. The van der Waals surface area contributed by atoms with Gasteiger partial charge in [-0.2, -0.15) is 5.26 Å². The molecular weight excluding hydrogens is 391 g/mol. The summed E-state index contributed by atoms with van der Waals surface area (Å²) in [5, 5.41) is 34.6. The molecule has 0 aromatic heterocycles. The molecule has 1 aliphatic carbocycles. The van der Waals surface area contributed by atoms with E-state index in [1.165, 1.54) is 6.42 Å². The van der Waals surface area contributed by atoms with E-state index in [1.54, 1.807) is 6.07 Å². The van der Waals surface area contributed by atoms with Gasteiger partial charge in [-0.15, -0.1) is 24.8 Å². The minimum absolute atomic E-state index is 0. The molecule has 7 nitrogen and oxygen atoms in total. The Morgan fingerprint density at radius 1 is 1.22 bits per heavy atom. The van der Waals surface area contributed by atoms with Gasteiger partial charge in [-0.3, -0.25) is 15.0 Å². The fourth-order valence-electron chi connectivity index (χ4n) is 4.23. The number of nitrogens with one attached hydrogen (secondary N) is 1. The molecule has 0 spiro atoms. The molecule has 27 heavy (non-hydrogen) atoms. The number of nitro groups is 1. The van der Waals surface area contributed by atoms with Crippen LogP contribution in [0, 0.1) is 27.4 Å². The first-order valence-corrected chi connectivity index (χ1v) is 8.98. The fraction of sp³-hybridized carbons (Fsp3) is 0.611. The molecule has 0 bridgehead atoms. The Morgan fingerprint density at radius 2 is 1.85 bits per heavy atom. The van der Waals surface area contributed by atoms with Crippen molar-refractivity contribution in [1.29, 1.82) is 5.26 Å². The van der Waals surface area contributed by atoms with Crippen LogP contribution in [0.3, 0.4) is 0 Å². The van der Waals surface area contributed by atoms with E-state index in [-0.39, 0.29) is 47.9 Å². The third-order valence-electron chi connectivity index (χ3n) is 5.41. The number of halogens is 2. The maximum Gasteiger partial charge on any atom is 0.312 e. The number of phenolic OH excluding ortho intramolecular Hbond substituents is 1. The first-order chi connectivity index (χ1) is 12.1. The smallest absolute Gasteiger partial charge is 0.312 e. The van der Waals surface area contributed by atoms with Gasteiger partial charge in [0.1, 0.15) is 0 Å².